The van der Waals surface area contributed by atoms with Crippen LogP contribution in [0.1, 0.15) is 10.5 Å². The molecule has 13 heavy (non-hydrogen) atoms. The van der Waals surface area contributed by atoms with E-state index in [1.807, 2.05) is 0 Å². The summed E-state index contributed by atoms with van der Waals surface area (Å²) in [5.74, 6) is -1.26. The molecule has 0 saturated carbocycles. The van der Waals surface area contributed by atoms with E-state index in [9.17, 15) is 9.59 Å². The van der Waals surface area contributed by atoms with E-state index in [-0.39, 0.29) is 18.1 Å². The Labute approximate surface area is 75.0 Å². The molecule has 0 aliphatic heterocycles. The van der Waals surface area contributed by atoms with Gasteiger partial charge in [-0.15, -0.1) is 0 Å². The monoisotopic (exact) mass is 182 g/mol. The Morgan fingerprint density at radius 3 is 2.85 bits per heavy atom. The Morgan fingerprint density at radius 2 is 2.31 bits per heavy atom. The molecule has 0 atom stereocenters. The van der Waals surface area contributed by atoms with E-state index in [1.54, 1.807) is 12.3 Å². The smallest absolute Gasteiger partial charge is 0.352 e. The molecular formula is C8H10N2O3. The Balaban J connectivity index is 2.82. The summed E-state index contributed by atoms with van der Waals surface area (Å²) in [4.78, 5) is 21.5. The average Bonchev–Trinajstić information content (AvgIpc) is 2.52. The van der Waals surface area contributed by atoms with Crippen LogP contribution in [-0.4, -0.2) is 28.6 Å². The molecule has 1 aromatic rings. The Morgan fingerprint density at radius 1 is 1.62 bits per heavy atom. The third-order valence-electron chi connectivity index (χ3n) is 1.64. The topological polar surface area (TPSA) is 71.3 Å². The molecule has 0 bridgehead atoms. The Kier molecular flexibility index (Phi) is 2.69. The van der Waals surface area contributed by atoms with E-state index in [4.69, 9.17) is 5.11 Å². The molecular weight excluding hydrogens is 172 g/mol. The van der Waals surface area contributed by atoms with Crippen LogP contribution < -0.4 is 5.32 Å². The molecule has 5 heteroatoms. The Bertz CT molecular complexity index is 330. The zero-order chi connectivity index (χ0) is 9.84. The van der Waals surface area contributed by atoms with Gasteiger partial charge in [0.2, 0.25) is 5.91 Å². The van der Waals surface area contributed by atoms with Gasteiger partial charge in [-0.2, -0.15) is 0 Å². The average molecular weight is 182 g/mol. The standard InChI is InChI=1S/C8H10N2O3/c1-9-7(11)5-10-4-2-3-6(10)8(12)13/h2-4H,5H2,1H3,(H,9,11)(H,12,13). The van der Waals surface area contributed by atoms with E-state index in [2.05, 4.69) is 5.32 Å². The number of rotatable bonds is 3. The van der Waals surface area contributed by atoms with Crippen LogP contribution in [0, 0.1) is 0 Å². The first-order valence-corrected chi connectivity index (χ1v) is 3.74. The van der Waals surface area contributed by atoms with Gasteiger partial charge in [0.1, 0.15) is 12.2 Å². The predicted molar refractivity (Wildman–Crippen MR) is 45.5 cm³/mol. The van der Waals surface area contributed by atoms with Gasteiger partial charge in [-0.3, -0.25) is 4.79 Å². The van der Waals surface area contributed by atoms with Crippen molar-refractivity contribution in [3.63, 3.8) is 0 Å². The third-order valence-corrected chi connectivity index (χ3v) is 1.64. The zero-order valence-corrected chi connectivity index (χ0v) is 7.15. The number of carboxylic acid groups (broad SMARTS) is 1. The number of carboxylic acids is 1. The van der Waals surface area contributed by atoms with E-state index in [0.717, 1.165) is 0 Å². The lowest BCUT2D eigenvalue weighted by Crippen LogP contribution is -2.24. The maximum absolute atomic E-state index is 10.9. The number of nitrogens with zero attached hydrogens (tertiary/aromatic N) is 1. The summed E-state index contributed by atoms with van der Waals surface area (Å²) in [6.45, 7) is 0.0329. The van der Waals surface area contributed by atoms with Crippen molar-refractivity contribution in [2.24, 2.45) is 0 Å². The zero-order valence-electron chi connectivity index (χ0n) is 7.15. The lowest BCUT2D eigenvalue weighted by Gasteiger charge is -2.03. The highest BCUT2D eigenvalue weighted by Crippen LogP contribution is 2.01. The van der Waals surface area contributed by atoms with Crippen LogP contribution in [-0.2, 0) is 11.3 Å². The molecule has 2 N–H and O–H groups in total. The molecule has 0 aliphatic carbocycles. The first-order chi connectivity index (χ1) is 6.15. The molecule has 0 aliphatic rings. The van der Waals surface area contributed by atoms with Crippen molar-refractivity contribution in [1.29, 1.82) is 0 Å². The molecule has 0 saturated heterocycles. The van der Waals surface area contributed by atoms with Crippen molar-refractivity contribution in [3.8, 4) is 0 Å². The van der Waals surface area contributed by atoms with Gasteiger partial charge in [-0.1, -0.05) is 0 Å². The van der Waals surface area contributed by atoms with Crippen LogP contribution in [0.3, 0.4) is 0 Å². The van der Waals surface area contributed by atoms with Gasteiger partial charge in [0.15, 0.2) is 0 Å². The highest BCUT2D eigenvalue weighted by molar-refractivity contribution is 5.86. The van der Waals surface area contributed by atoms with Gasteiger partial charge in [0.05, 0.1) is 0 Å². The molecule has 1 aromatic heterocycles. The van der Waals surface area contributed by atoms with E-state index in [0.29, 0.717) is 0 Å². The van der Waals surface area contributed by atoms with Gasteiger partial charge in [0, 0.05) is 13.2 Å². The van der Waals surface area contributed by atoms with Crippen LogP contribution in [0.15, 0.2) is 18.3 Å². The van der Waals surface area contributed by atoms with Gasteiger partial charge >= 0.3 is 5.97 Å². The second-order valence-corrected chi connectivity index (χ2v) is 2.50. The number of carbonyl (C=O) groups is 2. The van der Waals surface area contributed by atoms with E-state index in [1.165, 1.54) is 17.7 Å². The van der Waals surface area contributed by atoms with Gasteiger partial charge in [-0.25, -0.2) is 4.79 Å². The summed E-state index contributed by atoms with van der Waals surface area (Å²) in [7, 11) is 1.51. The molecule has 5 nitrogen and oxygen atoms in total. The first kappa shape index (κ1) is 9.31. The van der Waals surface area contributed by atoms with Gasteiger partial charge in [-0.05, 0) is 12.1 Å². The van der Waals surface area contributed by atoms with Crippen molar-refractivity contribution in [1.82, 2.24) is 9.88 Å². The maximum Gasteiger partial charge on any atom is 0.352 e. The van der Waals surface area contributed by atoms with Crippen molar-refractivity contribution < 1.29 is 14.7 Å². The maximum atomic E-state index is 10.9. The summed E-state index contributed by atoms with van der Waals surface area (Å²) in [6, 6.07) is 3.04. The number of hydrogen-bond acceptors (Lipinski definition) is 2. The largest absolute Gasteiger partial charge is 0.477 e. The lowest BCUT2D eigenvalue weighted by molar-refractivity contribution is -0.121. The van der Waals surface area contributed by atoms with E-state index >= 15 is 0 Å². The second kappa shape index (κ2) is 3.75. The molecule has 0 spiro atoms. The van der Waals surface area contributed by atoms with Crippen molar-refractivity contribution in [2.45, 2.75) is 6.54 Å². The molecule has 0 aromatic carbocycles. The minimum atomic E-state index is -1.03. The van der Waals surface area contributed by atoms with Crippen molar-refractivity contribution >= 4 is 11.9 Å². The summed E-state index contributed by atoms with van der Waals surface area (Å²) in [6.07, 6.45) is 1.55. The number of aromatic carboxylic acids is 1. The highest BCUT2D eigenvalue weighted by atomic mass is 16.4. The van der Waals surface area contributed by atoms with Crippen LogP contribution >= 0.6 is 0 Å². The minimum Gasteiger partial charge on any atom is -0.477 e. The Hall–Kier alpha value is -1.78. The van der Waals surface area contributed by atoms with Gasteiger partial charge < -0.3 is 15.0 Å². The molecule has 1 amide bonds. The fourth-order valence-corrected chi connectivity index (χ4v) is 0.980. The van der Waals surface area contributed by atoms with Crippen LogP contribution in [0.5, 0.6) is 0 Å². The summed E-state index contributed by atoms with van der Waals surface area (Å²) in [5.41, 5.74) is 0.114. The lowest BCUT2D eigenvalue weighted by atomic mass is 10.4. The van der Waals surface area contributed by atoms with Gasteiger partial charge in [0.25, 0.3) is 0 Å². The molecule has 0 radical (unpaired) electrons. The van der Waals surface area contributed by atoms with Crippen molar-refractivity contribution in [3.05, 3.63) is 24.0 Å². The second-order valence-electron chi connectivity index (χ2n) is 2.50. The normalized spacial score (nSPS) is 9.62. The molecule has 1 heterocycles. The molecule has 0 fully saturated rings. The number of nitrogens with one attached hydrogen (secondary N) is 1. The number of aromatic nitrogens is 1. The van der Waals surface area contributed by atoms with Crippen LogP contribution in [0.25, 0.3) is 0 Å². The molecule has 0 unspecified atom stereocenters. The fourth-order valence-electron chi connectivity index (χ4n) is 0.980. The summed E-state index contributed by atoms with van der Waals surface area (Å²) in [5, 5.41) is 11.1. The highest BCUT2D eigenvalue weighted by Gasteiger charge is 2.09. The van der Waals surface area contributed by atoms with Crippen molar-refractivity contribution in [2.75, 3.05) is 7.05 Å². The molecule has 1 rings (SSSR count). The molecule has 70 valence electrons. The number of amides is 1. The fraction of sp³-hybridized carbons (Fsp3) is 0.250. The quantitative estimate of drug-likeness (QED) is 0.687. The number of carbonyl (C=O) groups excluding carboxylic acids is 1. The predicted octanol–water partition coefficient (Wildman–Crippen LogP) is -0.0677. The third kappa shape index (κ3) is 2.08. The minimum absolute atomic E-state index is 0.0329. The summed E-state index contributed by atoms with van der Waals surface area (Å²) < 4.78 is 1.38. The van der Waals surface area contributed by atoms with Crippen LogP contribution in [0.4, 0.5) is 0 Å². The van der Waals surface area contributed by atoms with Crippen LogP contribution in [0.2, 0.25) is 0 Å². The van der Waals surface area contributed by atoms with E-state index < -0.39 is 5.97 Å². The first-order valence-electron chi connectivity index (χ1n) is 3.74. The SMILES string of the molecule is CNC(=O)Cn1cccc1C(=O)O. The number of hydrogen-bond donors (Lipinski definition) is 2. The number of likely N-dealkylation sites (N-methyl/N-ethyl adjacent to an activating group) is 1. The summed E-state index contributed by atoms with van der Waals surface area (Å²) >= 11 is 0.